The zero-order valence-electron chi connectivity index (χ0n) is 36.7. The molecule has 3 N–H and O–H groups in total. The Labute approximate surface area is 373 Å². The van der Waals surface area contributed by atoms with Gasteiger partial charge in [0.15, 0.2) is 0 Å². The van der Waals surface area contributed by atoms with Crippen molar-refractivity contribution in [1.29, 1.82) is 0 Å². The number of carbonyl (C=O) groups excluding carboxylic acids is 1. The van der Waals surface area contributed by atoms with E-state index in [0.717, 1.165) is 55.8 Å². The predicted octanol–water partition coefficient (Wildman–Crippen LogP) is 9.82. The molecular weight excluding hydrogens is 836 g/mol. The average molecular weight is 893 g/mol. The molecule has 1 amide bonds. The molecule has 2 aromatic carbocycles. The van der Waals surface area contributed by atoms with Crippen LogP contribution in [0, 0.1) is 21.4 Å². The van der Waals surface area contributed by atoms with Crippen LogP contribution in [0.1, 0.15) is 118 Å². The maximum Gasteiger partial charge on any atom is 0.312 e. The fourth-order valence-corrected chi connectivity index (χ4v) is 11.6. The first-order valence-corrected chi connectivity index (χ1v) is 24.1. The summed E-state index contributed by atoms with van der Waals surface area (Å²) in [6.45, 7) is 9.27. The first-order chi connectivity index (χ1) is 30.7. The van der Waals surface area contributed by atoms with Gasteiger partial charge in [-0.3, -0.25) is 19.8 Å². The molecule has 2 aliphatic carbocycles. The van der Waals surface area contributed by atoms with E-state index in [2.05, 4.69) is 72.9 Å². The summed E-state index contributed by atoms with van der Waals surface area (Å²) in [5.41, 5.74) is 2.92. The topological polar surface area (TPSA) is 176 Å². The number of sulfonamides is 1. The molecule has 4 fully saturated rings. The highest BCUT2D eigenvalue weighted by molar-refractivity contribution is 7.90. The quantitative estimate of drug-likeness (QED) is 0.0758. The number of piperidine rings is 1. The molecular formula is C48H57FN8O6S. The van der Waals surface area contributed by atoms with Crippen molar-refractivity contribution >= 4 is 44.2 Å². The second-order valence-corrected chi connectivity index (χ2v) is 20.7. The molecule has 1 atom stereocenters. The molecule has 2 saturated heterocycles. The Morgan fingerprint density at radius 2 is 1.77 bits per heavy atom. The van der Waals surface area contributed by atoms with E-state index in [1.807, 2.05) is 6.07 Å². The molecule has 9 rings (SSSR count). The van der Waals surface area contributed by atoms with Crippen LogP contribution in [-0.2, 0) is 10.0 Å². The Morgan fingerprint density at radius 3 is 2.52 bits per heavy atom. The summed E-state index contributed by atoms with van der Waals surface area (Å²) in [4.78, 5) is 41.4. The van der Waals surface area contributed by atoms with Crippen molar-refractivity contribution in [2.24, 2.45) is 11.3 Å². The summed E-state index contributed by atoms with van der Waals surface area (Å²) >= 11 is 0. The Hall–Kier alpha value is -5.61. The molecule has 64 heavy (non-hydrogen) atoms. The van der Waals surface area contributed by atoms with Crippen molar-refractivity contribution in [2.45, 2.75) is 114 Å². The number of pyridine rings is 2. The van der Waals surface area contributed by atoms with Crippen LogP contribution in [0.4, 0.5) is 21.6 Å². The number of ether oxygens (including phenoxy) is 1. The Kier molecular flexibility index (Phi) is 11.9. The summed E-state index contributed by atoms with van der Waals surface area (Å²) in [7, 11) is -4.64. The number of hydrogen-bond donors (Lipinski definition) is 3. The third kappa shape index (κ3) is 9.03. The molecule has 1 spiro atoms. The molecule has 5 aromatic rings. The SMILES string of the molecule is CC(C)c1ccccc1[C@H]1CCCN1C1CC2(CCN(c3ccc(C(=O)NS(=O)(=O)c4cnc(NCC5CCC(C)(F)CC5)c([N+](=O)[O-])c4)c(Oc4cnc5[nH]ccc5c4)c3)CC2)C1. The zero-order chi connectivity index (χ0) is 44.8. The van der Waals surface area contributed by atoms with E-state index >= 15 is 0 Å². The minimum atomic E-state index is -4.64. The molecule has 16 heteroatoms. The number of aromatic amines is 1. The summed E-state index contributed by atoms with van der Waals surface area (Å²) in [6.07, 6.45) is 13.2. The molecule has 0 unspecified atom stereocenters. The number of rotatable bonds is 13. The van der Waals surface area contributed by atoms with Gasteiger partial charge in [0.25, 0.3) is 15.9 Å². The fourth-order valence-electron chi connectivity index (χ4n) is 10.6. The second kappa shape index (κ2) is 17.4. The van der Waals surface area contributed by atoms with Crippen LogP contribution in [0.3, 0.4) is 0 Å². The van der Waals surface area contributed by atoms with Crippen molar-refractivity contribution in [3.63, 3.8) is 0 Å². The van der Waals surface area contributed by atoms with E-state index in [4.69, 9.17) is 4.74 Å². The fraction of sp³-hybridized carbons (Fsp3) is 0.479. The smallest absolute Gasteiger partial charge is 0.312 e. The monoisotopic (exact) mass is 892 g/mol. The highest BCUT2D eigenvalue weighted by atomic mass is 32.2. The molecule has 3 aromatic heterocycles. The summed E-state index contributed by atoms with van der Waals surface area (Å²) < 4.78 is 50.1. The first kappa shape index (κ1) is 43.6. The zero-order valence-corrected chi connectivity index (χ0v) is 37.5. The third-order valence-corrected chi connectivity index (χ3v) is 15.7. The van der Waals surface area contributed by atoms with Gasteiger partial charge in [-0.1, -0.05) is 38.1 Å². The maximum atomic E-state index is 14.3. The maximum absolute atomic E-state index is 14.3. The van der Waals surface area contributed by atoms with Gasteiger partial charge >= 0.3 is 5.69 Å². The number of amides is 1. The largest absolute Gasteiger partial charge is 0.455 e. The number of hydrogen-bond acceptors (Lipinski definition) is 11. The lowest BCUT2D eigenvalue weighted by Crippen LogP contribution is -2.54. The third-order valence-electron chi connectivity index (χ3n) is 14.4. The van der Waals surface area contributed by atoms with Gasteiger partial charge in [0.05, 0.1) is 22.9 Å². The Bertz CT molecular complexity index is 2650. The van der Waals surface area contributed by atoms with Crippen molar-refractivity contribution in [1.82, 2.24) is 24.6 Å². The molecule has 0 bridgehead atoms. The van der Waals surface area contributed by atoms with Crippen molar-refractivity contribution in [3.8, 4) is 11.5 Å². The summed E-state index contributed by atoms with van der Waals surface area (Å²) in [5.74, 6) is -0.0211. The standard InChI is InChI=1S/C48H57FN8O6S/c1-31(2)38-7-4-5-8-39(38)41-9-6-20-56(41)35-26-48(27-35)17-21-55(22-18-48)34-10-11-40(43(24-34)63-36-23-33-14-19-50-44(33)52-29-36)46(58)54-64(61,62)37-25-42(57(59)60)45(53-30-37)51-28-32-12-15-47(3,49)16-13-32/h4-5,7-8,10-11,14,19,23-25,29-32,35,41H,6,9,12-13,15-18,20-22,26-28H2,1-3H3,(H,50,52)(H,51,53)(H,54,58)/t32?,41-,47?/m1/s1. The van der Waals surface area contributed by atoms with Crippen LogP contribution in [0.5, 0.6) is 11.5 Å². The van der Waals surface area contributed by atoms with Gasteiger partial charge in [0, 0.05) is 61.1 Å². The molecule has 2 saturated carbocycles. The number of anilines is 2. The van der Waals surface area contributed by atoms with Gasteiger partial charge in [-0.15, -0.1) is 0 Å². The van der Waals surface area contributed by atoms with Crippen LogP contribution in [0.25, 0.3) is 11.0 Å². The van der Waals surface area contributed by atoms with Crippen molar-refractivity contribution in [2.75, 3.05) is 36.4 Å². The first-order valence-electron chi connectivity index (χ1n) is 22.6. The number of likely N-dealkylation sites (tertiary alicyclic amines) is 1. The van der Waals surface area contributed by atoms with Gasteiger partial charge in [-0.25, -0.2) is 27.5 Å². The van der Waals surface area contributed by atoms with Crippen LogP contribution in [-0.4, -0.2) is 77.0 Å². The van der Waals surface area contributed by atoms with E-state index in [1.165, 1.54) is 43.0 Å². The van der Waals surface area contributed by atoms with E-state index in [1.54, 1.807) is 37.4 Å². The van der Waals surface area contributed by atoms with E-state index in [0.29, 0.717) is 67.0 Å². The van der Waals surface area contributed by atoms with Gasteiger partial charge in [-0.2, -0.15) is 0 Å². The number of carbonyl (C=O) groups is 1. The van der Waals surface area contributed by atoms with Gasteiger partial charge < -0.3 is 19.9 Å². The number of H-pyrrole nitrogens is 1. The van der Waals surface area contributed by atoms with Crippen LogP contribution in [0.15, 0.2) is 84.1 Å². The minimum Gasteiger partial charge on any atom is -0.455 e. The normalized spacial score (nSPS) is 22.7. The molecule has 4 aliphatic rings. The number of aromatic nitrogens is 3. The highest BCUT2D eigenvalue weighted by Gasteiger charge is 2.50. The number of fused-ring (bicyclic) bond motifs is 1. The Morgan fingerprint density at radius 1 is 1.00 bits per heavy atom. The van der Waals surface area contributed by atoms with Crippen LogP contribution in [0.2, 0.25) is 0 Å². The van der Waals surface area contributed by atoms with E-state index in [9.17, 15) is 27.7 Å². The van der Waals surface area contributed by atoms with E-state index in [-0.39, 0.29) is 23.0 Å². The summed E-state index contributed by atoms with van der Waals surface area (Å²) in [5, 5.41) is 15.9. The lowest BCUT2D eigenvalue weighted by atomic mass is 9.59. The molecule has 0 radical (unpaired) electrons. The number of alkyl halides is 1. The van der Waals surface area contributed by atoms with Crippen molar-refractivity contribution in [3.05, 3.63) is 106 Å². The number of nitrogens with zero attached hydrogens (tertiary/aromatic N) is 5. The molecule has 14 nitrogen and oxygen atoms in total. The number of halogens is 1. The van der Waals surface area contributed by atoms with E-state index < -0.39 is 37.1 Å². The molecule has 5 heterocycles. The van der Waals surface area contributed by atoms with Crippen molar-refractivity contribution < 1.29 is 27.3 Å². The number of benzene rings is 2. The average Bonchev–Trinajstić information content (AvgIpc) is 3.95. The van der Waals surface area contributed by atoms with Gasteiger partial charge in [0.2, 0.25) is 5.82 Å². The minimum absolute atomic E-state index is 0.0476. The van der Waals surface area contributed by atoms with Gasteiger partial charge in [0.1, 0.15) is 27.7 Å². The van der Waals surface area contributed by atoms with Crippen LogP contribution < -0.4 is 19.7 Å². The van der Waals surface area contributed by atoms with Crippen LogP contribution >= 0.6 is 0 Å². The predicted molar refractivity (Wildman–Crippen MR) is 244 cm³/mol. The lowest BCUT2D eigenvalue weighted by Gasteiger charge is -2.56. The summed E-state index contributed by atoms with van der Waals surface area (Å²) in [6, 6.07) is 19.6. The Balaban J connectivity index is 0.895. The second-order valence-electron chi connectivity index (χ2n) is 19.1. The molecule has 338 valence electrons. The number of nitro groups is 1. The van der Waals surface area contributed by atoms with Gasteiger partial charge in [-0.05, 0) is 130 Å². The molecule has 2 aliphatic heterocycles. The number of nitrogens with one attached hydrogen (secondary N) is 3. The lowest BCUT2D eigenvalue weighted by molar-refractivity contribution is -0.384. The highest BCUT2D eigenvalue weighted by Crippen LogP contribution is 2.54.